The van der Waals surface area contributed by atoms with Crippen molar-refractivity contribution in [3.8, 4) is 0 Å². The molecule has 6 heteroatoms. The van der Waals surface area contributed by atoms with Gasteiger partial charge in [-0.1, -0.05) is 20.8 Å². The molecule has 1 aromatic rings. The smallest absolute Gasteiger partial charge is 0.242 e. The molecule has 0 unspecified atom stereocenters. The van der Waals surface area contributed by atoms with Crippen molar-refractivity contribution in [1.82, 2.24) is 9.71 Å². The van der Waals surface area contributed by atoms with Crippen LogP contribution in [0.1, 0.15) is 26.5 Å². The molecule has 0 saturated heterocycles. The maximum absolute atomic E-state index is 11.8. The van der Waals surface area contributed by atoms with E-state index in [9.17, 15) is 8.42 Å². The maximum Gasteiger partial charge on any atom is 0.242 e. The third kappa shape index (κ3) is 3.62. The maximum atomic E-state index is 11.8. The number of aromatic nitrogens is 1. The summed E-state index contributed by atoms with van der Waals surface area (Å²) < 4.78 is 26.1. The molecule has 0 aliphatic heterocycles. The Morgan fingerprint density at radius 2 is 2.06 bits per heavy atom. The van der Waals surface area contributed by atoms with E-state index in [0.717, 1.165) is 0 Å². The summed E-state index contributed by atoms with van der Waals surface area (Å²) in [5.41, 5.74) is 0.375. The van der Waals surface area contributed by atoms with Crippen molar-refractivity contribution in [3.63, 3.8) is 0 Å². The minimum absolute atomic E-state index is 0.108. The largest absolute Gasteiger partial charge is 0.390 e. The SMILES string of the molecule is CC(C)(C)CNS(=O)(=O)c1c[nH]c(CO)c1. The van der Waals surface area contributed by atoms with Crippen LogP contribution in [0.3, 0.4) is 0 Å². The van der Waals surface area contributed by atoms with Crippen LogP contribution < -0.4 is 4.72 Å². The fraction of sp³-hybridized carbons (Fsp3) is 0.600. The van der Waals surface area contributed by atoms with Gasteiger partial charge in [0.15, 0.2) is 0 Å². The monoisotopic (exact) mass is 246 g/mol. The van der Waals surface area contributed by atoms with Crippen LogP contribution in [0.5, 0.6) is 0 Å². The Hall–Kier alpha value is -0.850. The molecule has 1 heterocycles. The van der Waals surface area contributed by atoms with Gasteiger partial charge in [-0.25, -0.2) is 13.1 Å². The molecule has 0 radical (unpaired) electrons. The van der Waals surface area contributed by atoms with Crippen molar-refractivity contribution in [3.05, 3.63) is 18.0 Å². The molecule has 0 aromatic carbocycles. The average Bonchev–Trinajstić information content (AvgIpc) is 2.62. The molecule has 0 atom stereocenters. The summed E-state index contributed by atoms with van der Waals surface area (Å²) in [6.07, 6.45) is 1.37. The molecule has 16 heavy (non-hydrogen) atoms. The van der Waals surface area contributed by atoms with Crippen molar-refractivity contribution in [2.75, 3.05) is 6.54 Å². The van der Waals surface area contributed by atoms with Crippen molar-refractivity contribution >= 4 is 10.0 Å². The number of aromatic amines is 1. The standard InChI is InChI=1S/C10H18N2O3S/c1-10(2,3)7-12-16(14,15)9-4-8(6-13)11-5-9/h4-5,11-13H,6-7H2,1-3H3. The molecular formula is C10H18N2O3S. The molecule has 0 saturated carbocycles. The third-order valence-electron chi connectivity index (χ3n) is 1.99. The summed E-state index contributed by atoms with van der Waals surface area (Å²) in [6.45, 7) is 6.02. The minimum Gasteiger partial charge on any atom is -0.390 e. The van der Waals surface area contributed by atoms with Gasteiger partial charge in [-0.15, -0.1) is 0 Å². The lowest BCUT2D eigenvalue weighted by Gasteiger charge is -2.18. The van der Waals surface area contributed by atoms with Crippen molar-refractivity contribution in [1.29, 1.82) is 0 Å². The van der Waals surface area contributed by atoms with Gasteiger partial charge < -0.3 is 10.1 Å². The highest BCUT2D eigenvalue weighted by molar-refractivity contribution is 7.89. The first kappa shape index (κ1) is 13.2. The minimum atomic E-state index is -3.48. The summed E-state index contributed by atoms with van der Waals surface area (Å²) in [7, 11) is -3.48. The van der Waals surface area contributed by atoms with Crippen LogP contribution in [0.25, 0.3) is 0 Å². The van der Waals surface area contributed by atoms with Crippen LogP contribution in [-0.2, 0) is 16.6 Å². The van der Waals surface area contributed by atoms with E-state index in [4.69, 9.17) is 5.11 Å². The fourth-order valence-electron chi connectivity index (χ4n) is 1.06. The summed E-state index contributed by atoms with van der Waals surface area (Å²) in [5, 5.41) is 8.83. The Kier molecular flexibility index (Phi) is 3.77. The Bertz CT molecular complexity index is 443. The van der Waals surface area contributed by atoms with Crippen molar-refractivity contribution in [2.45, 2.75) is 32.3 Å². The summed E-state index contributed by atoms with van der Waals surface area (Å²) in [4.78, 5) is 2.84. The zero-order valence-corrected chi connectivity index (χ0v) is 10.6. The normalized spacial score (nSPS) is 13.0. The Labute approximate surface area is 95.9 Å². The summed E-state index contributed by atoms with van der Waals surface area (Å²) >= 11 is 0. The van der Waals surface area contributed by atoms with E-state index in [-0.39, 0.29) is 16.9 Å². The second-order valence-corrected chi connectivity index (χ2v) is 6.67. The van der Waals surface area contributed by atoms with Gasteiger partial charge in [-0.05, 0) is 11.5 Å². The lowest BCUT2D eigenvalue weighted by molar-refractivity contribution is 0.277. The first-order valence-electron chi connectivity index (χ1n) is 5.02. The lowest BCUT2D eigenvalue weighted by Crippen LogP contribution is -2.32. The Balaban J connectivity index is 2.78. The molecule has 0 bridgehead atoms. The van der Waals surface area contributed by atoms with E-state index >= 15 is 0 Å². The third-order valence-corrected chi connectivity index (χ3v) is 3.37. The summed E-state index contributed by atoms with van der Waals surface area (Å²) in [6, 6.07) is 1.42. The average molecular weight is 246 g/mol. The predicted molar refractivity (Wildman–Crippen MR) is 61.4 cm³/mol. The zero-order valence-electron chi connectivity index (χ0n) is 9.74. The quantitative estimate of drug-likeness (QED) is 0.736. The topological polar surface area (TPSA) is 82.2 Å². The predicted octanol–water partition coefficient (Wildman–Crippen LogP) is 0.831. The van der Waals surface area contributed by atoms with Gasteiger partial charge in [0.1, 0.15) is 0 Å². The molecule has 3 N–H and O–H groups in total. The van der Waals surface area contributed by atoms with Crippen LogP contribution in [0.4, 0.5) is 0 Å². The summed E-state index contributed by atoms with van der Waals surface area (Å²) in [5.74, 6) is 0. The molecule has 0 aliphatic rings. The van der Waals surface area contributed by atoms with Crippen molar-refractivity contribution in [2.24, 2.45) is 5.41 Å². The molecule has 1 aromatic heterocycles. The van der Waals surface area contributed by atoms with Gasteiger partial charge in [-0.3, -0.25) is 0 Å². The van der Waals surface area contributed by atoms with E-state index < -0.39 is 10.0 Å². The van der Waals surface area contributed by atoms with E-state index in [0.29, 0.717) is 12.2 Å². The fourth-order valence-corrected chi connectivity index (χ4v) is 2.36. The molecule has 0 aliphatic carbocycles. The van der Waals surface area contributed by atoms with Crippen LogP contribution in [-0.4, -0.2) is 25.1 Å². The lowest BCUT2D eigenvalue weighted by atomic mass is 9.98. The van der Waals surface area contributed by atoms with Crippen LogP contribution in [0.2, 0.25) is 0 Å². The van der Waals surface area contributed by atoms with E-state index in [1.807, 2.05) is 20.8 Å². The van der Waals surface area contributed by atoms with Crippen LogP contribution >= 0.6 is 0 Å². The number of hydrogen-bond donors (Lipinski definition) is 3. The second kappa shape index (κ2) is 4.57. The van der Waals surface area contributed by atoms with Gasteiger partial charge in [0.05, 0.1) is 11.5 Å². The number of nitrogens with one attached hydrogen (secondary N) is 2. The van der Waals surface area contributed by atoms with E-state index in [2.05, 4.69) is 9.71 Å². The molecule has 92 valence electrons. The van der Waals surface area contributed by atoms with Crippen LogP contribution in [0.15, 0.2) is 17.2 Å². The first-order chi connectivity index (χ1) is 7.24. The molecule has 5 nitrogen and oxygen atoms in total. The van der Waals surface area contributed by atoms with Gasteiger partial charge in [0, 0.05) is 18.4 Å². The van der Waals surface area contributed by atoms with E-state index in [1.165, 1.54) is 12.3 Å². The zero-order chi connectivity index (χ0) is 12.4. The van der Waals surface area contributed by atoms with Gasteiger partial charge in [0.2, 0.25) is 10.0 Å². The number of sulfonamides is 1. The molecule has 0 amide bonds. The van der Waals surface area contributed by atoms with Gasteiger partial charge >= 0.3 is 0 Å². The second-order valence-electron chi connectivity index (χ2n) is 4.90. The van der Waals surface area contributed by atoms with Gasteiger partial charge in [0.25, 0.3) is 0 Å². The molecular weight excluding hydrogens is 228 g/mol. The number of aliphatic hydroxyl groups excluding tert-OH is 1. The highest BCUT2D eigenvalue weighted by Crippen LogP contribution is 2.14. The number of aliphatic hydroxyl groups is 1. The van der Waals surface area contributed by atoms with Crippen molar-refractivity contribution < 1.29 is 13.5 Å². The van der Waals surface area contributed by atoms with Crippen LogP contribution in [0, 0.1) is 5.41 Å². The number of H-pyrrole nitrogens is 1. The van der Waals surface area contributed by atoms with E-state index in [1.54, 1.807) is 0 Å². The Morgan fingerprint density at radius 3 is 2.50 bits per heavy atom. The van der Waals surface area contributed by atoms with Gasteiger partial charge in [-0.2, -0.15) is 0 Å². The highest BCUT2D eigenvalue weighted by Gasteiger charge is 2.19. The number of hydrogen-bond acceptors (Lipinski definition) is 3. The first-order valence-corrected chi connectivity index (χ1v) is 6.51. The number of rotatable bonds is 4. The molecule has 0 spiro atoms. The molecule has 0 fully saturated rings. The molecule has 1 rings (SSSR count). The highest BCUT2D eigenvalue weighted by atomic mass is 32.2. The Morgan fingerprint density at radius 1 is 1.44 bits per heavy atom.